The number of esters is 1. The van der Waals surface area contributed by atoms with Gasteiger partial charge in [0.15, 0.2) is 0 Å². The number of ether oxygens (including phenoxy) is 3. The highest BCUT2D eigenvalue weighted by molar-refractivity contribution is 5.84. The van der Waals surface area contributed by atoms with Gasteiger partial charge in [-0.25, -0.2) is 4.79 Å². The predicted octanol–water partition coefficient (Wildman–Crippen LogP) is 2.88. The molecule has 2 aliphatic rings. The van der Waals surface area contributed by atoms with Crippen LogP contribution in [0.5, 0.6) is 0 Å². The molecular weight excluding hydrogens is 244 g/mol. The maximum absolute atomic E-state index is 11.3. The molecule has 0 aromatic rings. The maximum atomic E-state index is 11.3. The molecule has 0 bridgehead atoms. The largest absolute Gasteiger partial charge is 0.401 e. The van der Waals surface area contributed by atoms with E-state index in [2.05, 4.69) is 20.8 Å². The van der Waals surface area contributed by atoms with Gasteiger partial charge in [-0.1, -0.05) is 27.2 Å². The first-order chi connectivity index (χ1) is 8.96. The predicted molar refractivity (Wildman–Crippen MR) is 71.2 cm³/mol. The number of carbonyl (C=O) groups excluding carboxylic acids is 1. The fourth-order valence-electron chi connectivity index (χ4n) is 3.06. The Balaban J connectivity index is 2.09. The summed E-state index contributed by atoms with van der Waals surface area (Å²) in [5.74, 6) is -0.0587. The molecule has 0 saturated heterocycles. The van der Waals surface area contributed by atoms with E-state index < -0.39 is 11.9 Å². The lowest BCUT2D eigenvalue weighted by Gasteiger charge is -2.40. The van der Waals surface area contributed by atoms with Gasteiger partial charge in [0.25, 0.3) is 0 Å². The molecule has 0 N–H and O–H groups in total. The minimum atomic E-state index is -1.31. The van der Waals surface area contributed by atoms with Gasteiger partial charge in [-0.2, -0.15) is 0 Å². The minimum absolute atomic E-state index is 0.0688. The second-order valence-electron chi connectivity index (χ2n) is 6.04. The van der Waals surface area contributed by atoms with Crippen molar-refractivity contribution in [2.45, 2.75) is 52.1 Å². The van der Waals surface area contributed by atoms with Crippen LogP contribution in [0.4, 0.5) is 0 Å². The van der Waals surface area contributed by atoms with Gasteiger partial charge in [-0.15, -0.1) is 0 Å². The van der Waals surface area contributed by atoms with Crippen molar-refractivity contribution in [1.82, 2.24) is 0 Å². The standard InChI is InChI=1S/C15H24O4/c1-10(2)12-6-5-11(3)9-13(12)18-15(17-4)8-7-14(16)19-15/h7-8,10-13H,5-6,9H2,1-4H3. The first-order valence-corrected chi connectivity index (χ1v) is 7.11. The quantitative estimate of drug-likeness (QED) is 0.581. The second kappa shape index (κ2) is 5.63. The van der Waals surface area contributed by atoms with Crippen LogP contribution in [0.2, 0.25) is 0 Å². The molecule has 1 aliphatic carbocycles. The van der Waals surface area contributed by atoms with Crippen LogP contribution in [0.25, 0.3) is 0 Å². The molecule has 4 heteroatoms. The van der Waals surface area contributed by atoms with Gasteiger partial charge in [-0.05, 0) is 30.6 Å². The van der Waals surface area contributed by atoms with Gasteiger partial charge < -0.3 is 14.2 Å². The van der Waals surface area contributed by atoms with Crippen molar-refractivity contribution in [3.8, 4) is 0 Å². The van der Waals surface area contributed by atoms with Gasteiger partial charge in [-0.3, -0.25) is 0 Å². The van der Waals surface area contributed by atoms with Gasteiger partial charge >= 0.3 is 11.9 Å². The van der Waals surface area contributed by atoms with E-state index >= 15 is 0 Å². The lowest BCUT2D eigenvalue weighted by molar-refractivity contribution is -0.341. The lowest BCUT2D eigenvalue weighted by atomic mass is 9.75. The molecule has 0 spiro atoms. The zero-order valence-electron chi connectivity index (χ0n) is 12.2. The van der Waals surface area contributed by atoms with Gasteiger partial charge in [0.1, 0.15) is 0 Å². The van der Waals surface area contributed by atoms with Crippen LogP contribution >= 0.6 is 0 Å². The summed E-state index contributed by atoms with van der Waals surface area (Å²) in [6, 6.07) is 0. The summed E-state index contributed by atoms with van der Waals surface area (Å²) >= 11 is 0. The molecule has 19 heavy (non-hydrogen) atoms. The summed E-state index contributed by atoms with van der Waals surface area (Å²) in [5, 5.41) is 0. The Morgan fingerprint density at radius 1 is 1.42 bits per heavy atom. The summed E-state index contributed by atoms with van der Waals surface area (Å²) in [6.07, 6.45) is 6.37. The molecule has 1 saturated carbocycles. The third-order valence-electron chi connectivity index (χ3n) is 4.23. The molecule has 2 rings (SSSR count). The SMILES string of the molecule is COC1(OC2CC(C)CCC2C(C)C)C=CC(=O)O1. The highest BCUT2D eigenvalue weighted by atomic mass is 16.9. The molecule has 0 radical (unpaired) electrons. The van der Waals surface area contributed by atoms with Crippen molar-refractivity contribution >= 4 is 5.97 Å². The van der Waals surface area contributed by atoms with E-state index in [4.69, 9.17) is 14.2 Å². The molecule has 4 unspecified atom stereocenters. The zero-order chi connectivity index (χ0) is 14.0. The van der Waals surface area contributed by atoms with Crippen LogP contribution in [0.1, 0.15) is 40.0 Å². The Morgan fingerprint density at radius 3 is 2.68 bits per heavy atom. The normalized spacial score (nSPS) is 38.8. The number of hydrogen-bond acceptors (Lipinski definition) is 4. The Labute approximate surface area is 115 Å². The van der Waals surface area contributed by atoms with E-state index in [-0.39, 0.29) is 6.10 Å². The van der Waals surface area contributed by atoms with Crippen LogP contribution in [-0.2, 0) is 19.0 Å². The first kappa shape index (κ1) is 14.5. The monoisotopic (exact) mass is 268 g/mol. The van der Waals surface area contributed by atoms with Crippen molar-refractivity contribution in [1.29, 1.82) is 0 Å². The number of hydrogen-bond donors (Lipinski definition) is 0. The van der Waals surface area contributed by atoms with Gasteiger partial charge in [0.2, 0.25) is 0 Å². The minimum Gasteiger partial charge on any atom is -0.401 e. The van der Waals surface area contributed by atoms with Crippen molar-refractivity contribution in [3.63, 3.8) is 0 Å². The summed E-state index contributed by atoms with van der Waals surface area (Å²) in [5.41, 5.74) is 0. The van der Waals surface area contributed by atoms with E-state index in [1.165, 1.54) is 19.6 Å². The lowest BCUT2D eigenvalue weighted by Crippen LogP contribution is -2.44. The molecular formula is C15H24O4. The molecule has 108 valence electrons. The van der Waals surface area contributed by atoms with Crippen molar-refractivity contribution in [2.75, 3.05) is 7.11 Å². The van der Waals surface area contributed by atoms with E-state index in [1.54, 1.807) is 6.08 Å². The summed E-state index contributed by atoms with van der Waals surface area (Å²) in [7, 11) is 1.50. The van der Waals surface area contributed by atoms with E-state index in [1.807, 2.05) is 0 Å². The van der Waals surface area contributed by atoms with E-state index in [0.29, 0.717) is 17.8 Å². The molecule has 4 nitrogen and oxygen atoms in total. The average molecular weight is 268 g/mol. The highest BCUT2D eigenvalue weighted by Gasteiger charge is 2.43. The number of cyclic esters (lactones) is 1. The van der Waals surface area contributed by atoms with Crippen molar-refractivity contribution in [2.24, 2.45) is 17.8 Å². The third-order valence-corrected chi connectivity index (χ3v) is 4.23. The summed E-state index contributed by atoms with van der Waals surface area (Å²) in [6.45, 7) is 6.67. The maximum Gasteiger partial charge on any atom is 0.351 e. The van der Waals surface area contributed by atoms with Gasteiger partial charge in [0.05, 0.1) is 6.10 Å². The van der Waals surface area contributed by atoms with Gasteiger partial charge in [0, 0.05) is 19.3 Å². The zero-order valence-corrected chi connectivity index (χ0v) is 12.2. The third kappa shape index (κ3) is 3.18. The summed E-state index contributed by atoms with van der Waals surface area (Å²) in [4.78, 5) is 11.3. The van der Waals surface area contributed by atoms with E-state index in [9.17, 15) is 4.79 Å². The van der Waals surface area contributed by atoms with Crippen molar-refractivity contribution in [3.05, 3.63) is 12.2 Å². The molecule has 0 aromatic heterocycles. The molecule has 0 amide bonds. The second-order valence-corrected chi connectivity index (χ2v) is 6.04. The number of carbonyl (C=O) groups is 1. The van der Waals surface area contributed by atoms with Crippen LogP contribution in [-0.4, -0.2) is 25.2 Å². The fraction of sp³-hybridized carbons (Fsp3) is 0.800. The molecule has 1 heterocycles. The van der Waals surface area contributed by atoms with Crippen LogP contribution in [0.15, 0.2) is 12.2 Å². The average Bonchev–Trinajstić information content (AvgIpc) is 2.71. The first-order valence-electron chi connectivity index (χ1n) is 7.11. The molecule has 1 fully saturated rings. The number of rotatable bonds is 4. The topological polar surface area (TPSA) is 44.8 Å². The van der Waals surface area contributed by atoms with Crippen molar-refractivity contribution < 1.29 is 19.0 Å². The molecule has 1 aliphatic heterocycles. The summed E-state index contributed by atoms with van der Waals surface area (Å²) < 4.78 is 16.5. The van der Waals surface area contributed by atoms with Crippen LogP contribution in [0.3, 0.4) is 0 Å². The Bertz CT molecular complexity index is 363. The number of methoxy groups -OCH3 is 1. The van der Waals surface area contributed by atoms with Crippen LogP contribution < -0.4 is 0 Å². The Morgan fingerprint density at radius 2 is 2.16 bits per heavy atom. The molecule has 0 aromatic carbocycles. The molecule has 4 atom stereocenters. The fourth-order valence-corrected chi connectivity index (χ4v) is 3.06. The van der Waals surface area contributed by atoms with E-state index in [0.717, 1.165) is 12.8 Å². The Hall–Kier alpha value is -0.870. The van der Waals surface area contributed by atoms with Crippen LogP contribution in [0, 0.1) is 17.8 Å². The Kier molecular flexibility index (Phi) is 4.31. The smallest absolute Gasteiger partial charge is 0.351 e. The highest BCUT2D eigenvalue weighted by Crippen LogP contribution is 2.38.